The van der Waals surface area contributed by atoms with Gasteiger partial charge in [0.2, 0.25) is 0 Å². The minimum atomic E-state index is 0.437. The molecule has 0 aliphatic heterocycles. The molecule has 0 spiro atoms. The molecule has 1 unspecified atom stereocenters. The van der Waals surface area contributed by atoms with Gasteiger partial charge in [-0.25, -0.2) is 0 Å². The SMILES string of the molecule is OC1=CC=C(OCCCNCCc2ccc(OCP)cc2)CC1. The predicted molar refractivity (Wildman–Crippen MR) is 96.8 cm³/mol. The number of ether oxygens (including phenoxy) is 2. The summed E-state index contributed by atoms with van der Waals surface area (Å²) in [6.07, 6.45) is 7.67. The Bertz CT molecular complexity index is 526. The average molecular weight is 335 g/mol. The summed E-state index contributed by atoms with van der Waals surface area (Å²) in [7, 11) is 2.55. The van der Waals surface area contributed by atoms with E-state index in [4.69, 9.17) is 9.47 Å². The first-order chi connectivity index (χ1) is 11.3. The molecule has 0 amide bonds. The second kappa shape index (κ2) is 10.3. The fourth-order valence-corrected chi connectivity index (χ4v) is 2.53. The lowest BCUT2D eigenvalue weighted by molar-refractivity contribution is 0.193. The third-order valence-corrected chi connectivity index (χ3v) is 3.80. The zero-order valence-corrected chi connectivity index (χ0v) is 14.6. The Morgan fingerprint density at radius 3 is 2.57 bits per heavy atom. The fraction of sp³-hybridized carbons (Fsp3) is 0.444. The molecule has 1 aliphatic carbocycles. The Morgan fingerprint density at radius 2 is 1.87 bits per heavy atom. The largest absolute Gasteiger partial charge is 0.512 e. The van der Waals surface area contributed by atoms with Crippen molar-refractivity contribution in [3.63, 3.8) is 0 Å². The standard InChI is InChI=1S/C18H26NO3P/c20-16-4-8-17(9-5-16)21-13-1-11-19-12-10-15-2-6-18(7-3-15)22-14-23/h2-4,6-8,19-20H,1,5,9-14,23H2. The number of allylic oxidation sites excluding steroid dienone is 4. The molecule has 1 aromatic rings. The summed E-state index contributed by atoms with van der Waals surface area (Å²) in [5.74, 6) is 2.32. The topological polar surface area (TPSA) is 50.7 Å². The van der Waals surface area contributed by atoms with Crippen LogP contribution in [-0.4, -0.2) is 31.2 Å². The van der Waals surface area contributed by atoms with Crippen LogP contribution >= 0.6 is 9.24 Å². The van der Waals surface area contributed by atoms with Crippen molar-refractivity contribution in [2.45, 2.75) is 25.7 Å². The van der Waals surface area contributed by atoms with Crippen molar-refractivity contribution >= 4 is 9.24 Å². The lowest BCUT2D eigenvalue weighted by Gasteiger charge is -2.13. The number of aliphatic hydroxyl groups excluding tert-OH is 1. The molecule has 0 saturated carbocycles. The highest BCUT2D eigenvalue weighted by Gasteiger charge is 2.05. The normalized spacial score (nSPS) is 14.1. The van der Waals surface area contributed by atoms with Crippen LogP contribution in [-0.2, 0) is 11.2 Å². The van der Waals surface area contributed by atoms with Crippen LogP contribution in [0.5, 0.6) is 5.75 Å². The van der Waals surface area contributed by atoms with Gasteiger partial charge in [0.25, 0.3) is 0 Å². The second-order valence-electron chi connectivity index (χ2n) is 5.45. The van der Waals surface area contributed by atoms with E-state index in [0.717, 1.165) is 43.9 Å². The van der Waals surface area contributed by atoms with Gasteiger partial charge in [-0.05, 0) is 55.8 Å². The first-order valence-electron chi connectivity index (χ1n) is 8.12. The van der Waals surface area contributed by atoms with Crippen LogP contribution in [0, 0.1) is 0 Å². The first kappa shape index (κ1) is 17.8. The van der Waals surface area contributed by atoms with Gasteiger partial charge < -0.3 is 19.9 Å². The van der Waals surface area contributed by atoms with Gasteiger partial charge in [-0.1, -0.05) is 21.4 Å². The van der Waals surface area contributed by atoms with Gasteiger partial charge in [0, 0.05) is 12.8 Å². The molecule has 0 saturated heterocycles. The molecule has 126 valence electrons. The zero-order valence-electron chi connectivity index (χ0n) is 13.5. The molecule has 4 nitrogen and oxygen atoms in total. The van der Waals surface area contributed by atoms with Gasteiger partial charge in [-0.3, -0.25) is 0 Å². The third kappa shape index (κ3) is 7.06. The molecule has 2 rings (SSSR count). The van der Waals surface area contributed by atoms with Crippen LogP contribution in [0.25, 0.3) is 0 Å². The van der Waals surface area contributed by atoms with E-state index in [1.165, 1.54) is 5.56 Å². The number of rotatable bonds is 10. The van der Waals surface area contributed by atoms with E-state index < -0.39 is 0 Å². The van der Waals surface area contributed by atoms with Gasteiger partial charge in [0.05, 0.1) is 18.1 Å². The molecule has 0 bridgehead atoms. The van der Waals surface area contributed by atoms with Gasteiger partial charge in [0.1, 0.15) is 12.1 Å². The van der Waals surface area contributed by atoms with E-state index in [0.29, 0.717) is 25.1 Å². The van der Waals surface area contributed by atoms with Crippen molar-refractivity contribution in [2.24, 2.45) is 0 Å². The quantitative estimate of drug-likeness (QED) is 0.507. The minimum Gasteiger partial charge on any atom is -0.512 e. The van der Waals surface area contributed by atoms with Crippen molar-refractivity contribution in [1.29, 1.82) is 0 Å². The summed E-state index contributed by atoms with van der Waals surface area (Å²) in [5, 5.41) is 12.7. The highest BCUT2D eigenvalue weighted by molar-refractivity contribution is 7.16. The van der Waals surface area contributed by atoms with Crippen LogP contribution < -0.4 is 10.1 Å². The molecule has 1 aromatic carbocycles. The summed E-state index contributed by atoms with van der Waals surface area (Å²) in [4.78, 5) is 0. The summed E-state index contributed by atoms with van der Waals surface area (Å²) in [5.41, 5.74) is 1.31. The monoisotopic (exact) mass is 335 g/mol. The summed E-state index contributed by atoms with van der Waals surface area (Å²) >= 11 is 0. The maximum Gasteiger partial charge on any atom is 0.119 e. The first-order valence-corrected chi connectivity index (χ1v) is 8.93. The molecule has 5 heteroatoms. The fourth-order valence-electron chi connectivity index (χ4n) is 2.33. The van der Waals surface area contributed by atoms with Crippen LogP contribution in [0.3, 0.4) is 0 Å². The zero-order chi connectivity index (χ0) is 16.3. The van der Waals surface area contributed by atoms with Crippen LogP contribution in [0.4, 0.5) is 0 Å². The van der Waals surface area contributed by atoms with E-state index >= 15 is 0 Å². The third-order valence-electron chi connectivity index (χ3n) is 3.64. The van der Waals surface area contributed by atoms with E-state index in [9.17, 15) is 5.11 Å². The molecule has 23 heavy (non-hydrogen) atoms. The maximum atomic E-state index is 9.27. The minimum absolute atomic E-state index is 0.437. The Hall–Kier alpha value is -1.51. The molecular weight excluding hydrogens is 309 g/mol. The van der Waals surface area contributed by atoms with Gasteiger partial charge >= 0.3 is 0 Å². The average Bonchev–Trinajstić information content (AvgIpc) is 2.57. The molecule has 0 radical (unpaired) electrons. The number of aliphatic hydroxyl groups is 1. The van der Waals surface area contributed by atoms with Gasteiger partial charge in [-0.2, -0.15) is 0 Å². The summed E-state index contributed by atoms with van der Waals surface area (Å²) in [6.45, 7) is 2.63. The van der Waals surface area contributed by atoms with Gasteiger partial charge in [-0.15, -0.1) is 0 Å². The van der Waals surface area contributed by atoms with E-state index in [-0.39, 0.29) is 0 Å². The van der Waals surface area contributed by atoms with E-state index in [2.05, 4.69) is 26.7 Å². The predicted octanol–water partition coefficient (Wildman–Crippen LogP) is 3.56. The summed E-state index contributed by atoms with van der Waals surface area (Å²) < 4.78 is 11.1. The second-order valence-corrected chi connectivity index (χ2v) is 5.78. The Kier molecular flexibility index (Phi) is 7.99. The Labute approximate surface area is 140 Å². The van der Waals surface area contributed by atoms with Crippen LogP contribution in [0.15, 0.2) is 47.9 Å². The lowest BCUT2D eigenvalue weighted by atomic mass is 10.1. The highest BCUT2D eigenvalue weighted by atomic mass is 31.0. The molecule has 0 fully saturated rings. The van der Waals surface area contributed by atoms with Crippen molar-refractivity contribution in [1.82, 2.24) is 5.32 Å². The van der Waals surface area contributed by atoms with E-state index in [1.807, 2.05) is 18.2 Å². The molecule has 0 aromatic heterocycles. The van der Waals surface area contributed by atoms with Crippen molar-refractivity contribution in [3.8, 4) is 5.75 Å². The smallest absolute Gasteiger partial charge is 0.119 e. The molecule has 2 N–H and O–H groups in total. The molecule has 0 heterocycles. The Balaban J connectivity index is 1.51. The van der Waals surface area contributed by atoms with Crippen molar-refractivity contribution in [2.75, 3.05) is 26.0 Å². The molecule has 1 aliphatic rings. The highest BCUT2D eigenvalue weighted by Crippen LogP contribution is 2.17. The number of hydrogen-bond donors (Lipinski definition) is 2. The van der Waals surface area contributed by atoms with Crippen molar-refractivity contribution < 1.29 is 14.6 Å². The Morgan fingerprint density at radius 1 is 1.04 bits per heavy atom. The van der Waals surface area contributed by atoms with Crippen molar-refractivity contribution in [3.05, 3.63) is 53.5 Å². The lowest BCUT2D eigenvalue weighted by Crippen LogP contribution is -2.19. The number of nitrogens with one attached hydrogen (secondary N) is 1. The number of benzene rings is 1. The maximum absolute atomic E-state index is 9.27. The molecular formula is C18H26NO3P. The number of hydrogen-bond acceptors (Lipinski definition) is 4. The molecule has 1 atom stereocenters. The summed E-state index contributed by atoms with van der Waals surface area (Å²) in [6, 6.07) is 8.24. The van der Waals surface area contributed by atoms with Gasteiger partial charge in [0.15, 0.2) is 0 Å². The van der Waals surface area contributed by atoms with E-state index in [1.54, 1.807) is 6.08 Å². The van der Waals surface area contributed by atoms with Crippen LogP contribution in [0.1, 0.15) is 24.8 Å². The van der Waals surface area contributed by atoms with Crippen LogP contribution in [0.2, 0.25) is 0 Å².